The van der Waals surface area contributed by atoms with Crippen molar-refractivity contribution in [2.24, 2.45) is 0 Å². The van der Waals surface area contributed by atoms with Gasteiger partial charge in [0.15, 0.2) is 5.65 Å². The van der Waals surface area contributed by atoms with Gasteiger partial charge >= 0.3 is 0 Å². The van der Waals surface area contributed by atoms with E-state index in [2.05, 4.69) is 10.2 Å². The van der Waals surface area contributed by atoms with Gasteiger partial charge in [-0.05, 0) is 30.7 Å². The van der Waals surface area contributed by atoms with Gasteiger partial charge < -0.3 is 5.11 Å². The van der Waals surface area contributed by atoms with Crippen LogP contribution < -0.4 is 0 Å². The zero-order chi connectivity index (χ0) is 11.0. The van der Waals surface area contributed by atoms with E-state index in [0.717, 1.165) is 17.2 Å². The molecular formula is C11H13N3OS. The third-order valence-corrected chi connectivity index (χ3v) is 4.15. The Morgan fingerprint density at radius 3 is 3.12 bits per heavy atom. The van der Waals surface area contributed by atoms with Gasteiger partial charge in [0, 0.05) is 11.7 Å². The molecule has 1 fully saturated rings. The second kappa shape index (κ2) is 3.97. The molecule has 0 aromatic carbocycles. The highest BCUT2D eigenvalue weighted by atomic mass is 32.2. The first-order chi connectivity index (χ1) is 7.84. The zero-order valence-corrected chi connectivity index (χ0v) is 9.65. The van der Waals surface area contributed by atoms with Crippen LogP contribution in [0.25, 0.3) is 5.65 Å². The summed E-state index contributed by atoms with van der Waals surface area (Å²) in [6.45, 7) is 0. The monoisotopic (exact) mass is 235 g/mol. The number of aromatic hydroxyl groups is 1. The number of hydrogen-bond donors (Lipinski definition) is 1. The second-order valence-corrected chi connectivity index (χ2v) is 5.24. The number of thioether (sulfide) groups is 1. The minimum atomic E-state index is 0.261. The second-order valence-electron chi connectivity index (χ2n) is 4.09. The van der Waals surface area contributed by atoms with Gasteiger partial charge in [0.1, 0.15) is 11.6 Å². The number of hydrogen-bond acceptors (Lipinski definition) is 4. The largest absolute Gasteiger partial charge is 0.506 e. The molecule has 2 aromatic rings. The van der Waals surface area contributed by atoms with Crippen LogP contribution in [0, 0.1) is 0 Å². The van der Waals surface area contributed by atoms with Crippen LogP contribution in [0.3, 0.4) is 0 Å². The minimum absolute atomic E-state index is 0.261. The van der Waals surface area contributed by atoms with E-state index in [1.807, 2.05) is 16.2 Å². The van der Waals surface area contributed by atoms with Crippen LogP contribution in [0.15, 0.2) is 18.3 Å². The summed E-state index contributed by atoms with van der Waals surface area (Å²) in [4.78, 5) is 0. The SMILES string of the molecule is Oc1ccc2nnc(C3CCCSC3)n2c1. The number of aromatic nitrogens is 3. The van der Waals surface area contributed by atoms with Gasteiger partial charge in [-0.1, -0.05) is 0 Å². The third kappa shape index (κ3) is 1.65. The fraction of sp³-hybridized carbons (Fsp3) is 0.455. The van der Waals surface area contributed by atoms with Gasteiger partial charge in [-0.15, -0.1) is 10.2 Å². The van der Waals surface area contributed by atoms with Crippen molar-refractivity contribution < 1.29 is 5.11 Å². The highest BCUT2D eigenvalue weighted by Gasteiger charge is 2.21. The maximum atomic E-state index is 9.49. The summed E-state index contributed by atoms with van der Waals surface area (Å²) in [5.41, 5.74) is 0.809. The van der Waals surface area contributed by atoms with Crippen LogP contribution in [0.2, 0.25) is 0 Å². The van der Waals surface area contributed by atoms with Crippen molar-refractivity contribution >= 4 is 17.4 Å². The predicted molar refractivity (Wildman–Crippen MR) is 64.0 cm³/mol. The third-order valence-electron chi connectivity index (χ3n) is 2.94. The zero-order valence-electron chi connectivity index (χ0n) is 8.83. The molecule has 1 unspecified atom stereocenters. The van der Waals surface area contributed by atoms with Gasteiger partial charge in [0.25, 0.3) is 0 Å². The average Bonchev–Trinajstić information content (AvgIpc) is 2.73. The fourth-order valence-corrected chi connectivity index (χ4v) is 3.26. The molecule has 0 bridgehead atoms. The van der Waals surface area contributed by atoms with Gasteiger partial charge in [-0.3, -0.25) is 4.40 Å². The summed E-state index contributed by atoms with van der Waals surface area (Å²) in [6.07, 6.45) is 4.11. The van der Waals surface area contributed by atoms with Crippen molar-refractivity contribution in [2.45, 2.75) is 18.8 Å². The molecule has 0 radical (unpaired) electrons. The summed E-state index contributed by atoms with van der Waals surface area (Å²) >= 11 is 1.97. The molecule has 16 heavy (non-hydrogen) atoms. The smallest absolute Gasteiger partial charge is 0.161 e. The molecule has 1 atom stereocenters. The molecule has 4 nitrogen and oxygen atoms in total. The van der Waals surface area contributed by atoms with Crippen LogP contribution in [0.1, 0.15) is 24.6 Å². The lowest BCUT2D eigenvalue weighted by Crippen LogP contribution is -2.12. The van der Waals surface area contributed by atoms with E-state index in [9.17, 15) is 5.11 Å². The molecule has 1 N–H and O–H groups in total. The highest BCUT2D eigenvalue weighted by molar-refractivity contribution is 7.99. The normalized spacial score (nSPS) is 21.4. The van der Waals surface area contributed by atoms with Gasteiger partial charge in [0.2, 0.25) is 0 Å². The Kier molecular flexibility index (Phi) is 2.47. The van der Waals surface area contributed by atoms with Crippen LogP contribution in [-0.4, -0.2) is 31.2 Å². The molecule has 1 saturated heterocycles. The van der Waals surface area contributed by atoms with E-state index in [1.165, 1.54) is 18.6 Å². The lowest BCUT2D eigenvalue weighted by Gasteiger charge is -2.19. The topological polar surface area (TPSA) is 50.4 Å². The van der Waals surface area contributed by atoms with Gasteiger partial charge in [-0.2, -0.15) is 11.8 Å². The first-order valence-corrected chi connectivity index (χ1v) is 6.61. The Balaban J connectivity index is 2.05. The van der Waals surface area contributed by atoms with Gasteiger partial charge in [-0.25, -0.2) is 0 Å². The molecule has 84 valence electrons. The number of fused-ring (bicyclic) bond motifs is 1. The molecule has 0 saturated carbocycles. The van der Waals surface area contributed by atoms with Crippen molar-refractivity contribution in [1.82, 2.24) is 14.6 Å². The fourth-order valence-electron chi connectivity index (χ4n) is 2.12. The van der Waals surface area contributed by atoms with E-state index in [0.29, 0.717) is 5.92 Å². The number of pyridine rings is 1. The molecule has 0 aliphatic carbocycles. The maximum absolute atomic E-state index is 9.49. The predicted octanol–water partition coefficient (Wildman–Crippen LogP) is 2.05. The van der Waals surface area contributed by atoms with Gasteiger partial charge in [0.05, 0.1) is 6.20 Å². The van der Waals surface area contributed by atoms with Crippen LogP contribution in [0.5, 0.6) is 5.75 Å². The summed E-state index contributed by atoms with van der Waals surface area (Å²) in [7, 11) is 0. The van der Waals surface area contributed by atoms with E-state index < -0.39 is 0 Å². The molecule has 0 amide bonds. The number of rotatable bonds is 1. The first kappa shape index (κ1) is 9.96. The molecule has 1 aliphatic heterocycles. The van der Waals surface area contributed by atoms with Crippen molar-refractivity contribution in [1.29, 1.82) is 0 Å². The average molecular weight is 235 g/mol. The standard InChI is InChI=1S/C11H13N3OS/c15-9-3-4-10-12-13-11(14(10)6-9)8-2-1-5-16-7-8/h3-4,6,8,15H,1-2,5,7H2. The lowest BCUT2D eigenvalue weighted by molar-refractivity contribution is 0.471. The summed E-state index contributed by atoms with van der Waals surface area (Å²) in [5.74, 6) is 4.07. The van der Waals surface area contributed by atoms with Crippen molar-refractivity contribution in [2.75, 3.05) is 11.5 Å². The van der Waals surface area contributed by atoms with E-state index in [1.54, 1.807) is 18.3 Å². The minimum Gasteiger partial charge on any atom is -0.506 e. The Hall–Kier alpha value is -1.23. The summed E-state index contributed by atoms with van der Waals surface area (Å²) in [5, 5.41) is 17.9. The van der Waals surface area contributed by atoms with Crippen molar-refractivity contribution in [3.8, 4) is 5.75 Å². The maximum Gasteiger partial charge on any atom is 0.161 e. The molecule has 1 aliphatic rings. The molecule has 3 heterocycles. The molecule has 0 spiro atoms. The van der Waals surface area contributed by atoms with Crippen molar-refractivity contribution in [3.05, 3.63) is 24.2 Å². The quantitative estimate of drug-likeness (QED) is 0.822. The van der Waals surface area contributed by atoms with Crippen LogP contribution in [-0.2, 0) is 0 Å². The first-order valence-electron chi connectivity index (χ1n) is 5.46. The Bertz CT molecular complexity index is 505. The molecular weight excluding hydrogens is 222 g/mol. The summed E-state index contributed by atoms with van der Waals surface area (Å²) in [6, 6.07) is 3.44. The van der Waals surface area contributed by atoms with E-state index in [4.69, 9.17) is 0 Å². The Morgan fingerprint density at radius 2 is 2.31 bits per heavy atom. The molecule has 5 heteroatoms. The summed E-state index contributed by atoms with van der Waals surface area (Å²) < 4.78 is 1.91. The Morgan fingerprint density at radius 1 is 1.38 bits per heavy atom. The molecule has 2 aromatic heterocycles. The number of nitrogens with zero attached hydrogens (tertiary/aromatic N) is 3. The highest BCUT2D eigenvalue weighted by Crippen LogP contribution is 2.30. The van der Waals surface area contributed by atoms with Crippen molar-refractivity contribution in [3.63, 3.8) is 0 Å². The Labute approximate surface area is 97.7 Å². The molecule has 3 rings (SSSR count). The lowest BCUT2D eigenvalue weighted by atomic mass is 10.1. The van der Waals surface area contributed by atoms with Crippen LogP contribution in [0.4, 0.5) is 0 Å². The van der Waals surface area contributed by atoms with E-state index in [-0.39, 0.29) is 5.75 Å². The van der Waals surface area contributed by atoms with Crippen LogP contribution >= 0.6 is 11.8 Å². The van der Waals surface area contributed by atoms with E-state index >= 15 is 0 Å².